The number of pyridine rings is 1. The van der Waals surface area contributed by atoms with Crippen molar-refractivity contribution < 1.29 is 4.68 Å². The molecule has 1 atom stereocenters. The van der Waals surface area contributed by atoms with Crippen LogP contribution in [0.15, 0.2) is 30.6 Å². The van der Waals surface area contributed by atoms with Gasteiger partial charge in [0.15, 0.2) is 12.4 Å². The molecule has 0 N–H and O–H groups in total. The summed E-state index contributed by atoms with van der Waals surface area (Å²) in [4.78, 5) is 0. The Morgan fingerprint density at radius 3 is 2.50 bits per heavy atom. The molecule has 1 fully saturated rings. The maximum absolute atomic E-state index is 2.51. The zero-order valence-electron chi connectivity index (χ0n) is 10.7. The second-order valence-electron chi connectivity index (χ2n) is 5.98. The molecule has 0 radical (unpaired) electrons. The highest BCUT2D eigenvalue weighted by atomic mass is 15.6. The summed E-state index contributed by atoms with van der Waals surface area (Å²) in [5, 5.41) is 2.51. The highest BCUT2D eigenvalue weighted by molar-refractivity contribution is 4.94. The molecule has 0 bridgehead atoms. The molecular formula is C14H23N2+. The van der Waals surface area contributed by atoms with Crippen LogP contribution in [0.4, 0.5) is 0 Å². The zero-order chi connectivity index (χ0) is 11.6. The van der Waals surface area contributed by atoms with Crippen molar-refractivity contribution in [2.75, 3.05) is 11.6 Å². The van der Waals surface area contributed by atoms with Gasteiger partial charge >= 0.3 is 0 Å². The normalized spacial score (nSPS) is 21.4. The molecular weight excluding hydrogens is 196 g/mol. The molecule has 2 nitrogen and oxygen atoms in total. The van der Waals surface area contributed by atoms with E-state index in [-0.39, 0.29) is 0 Å². The first-order valence-corrected chi connectivity index (χ1v) is 6.29. The summed E-state index contributed by atoms with van der Waals surface area (Å²) in [6.45, 7) is 8.19. The first-order valence-electron chi connectivity index (χ1n) is 6.29. The number of hydrogen-bond acceptors (Lipinski definition) is 1. The summed E-state index contributed by atoms with van der Waals surface area (Å²) in [7, 11) is 0. The molecule has 0 aromatic carbocycles. The van der Waals surface area contributed by atoms with Gasteiger partial charge in [-0.25, -0.2) is 0 Å². The summed E-state index contributed by atoms with van der Waals surface area (Å²) in [6.07, 6.45) is 8.23. The van der Waals surface area contributed by atoms with Crippen LogP contribution in [0.5, 0.6) is 0 Å². The van der Waals surface area contributed by atoms with Crippen LogP contribution in [0.3, 0.4) is 0 Å². The minimum absolute atomic E-state index is 0.419. The largest absolute Gasteiger partial charge is 0.199 e. The molecule has 2 heterocycles. The van der Waals surface area contributed by atoms with Gasteiger partial charge in [0.2, 0.25) is 0 Å². The average Bonchev–Trinajstić information content (AvgIpc) is 2.64. The fourth-order valence-corrected chi connectivity index (χ4v) is 2.60. The summed E-state index contributed by atoms with van der Waals surface area (Å²) in [5.41, 5.74) is 0.419. The fraction of sp³-hybridized carbons (Fsp3) is 0.643. The third-order valence-corrected chi connectivity index (χ3v) is 3.19. The van der Waals surface area contributed by atoms with Crippen LogP contribution in [0.25, 0.3) is 0 Å². The van der Waals surface area contributed by atoms with E-state index in [1.165, 1.54) is 25.8 Å². The van der Waals surface area contributed by atoms with Gasteiger partial charge in [0.05, 0.1) is 12.6 Å². The van der Waals surface area contributed by atoms with Gasteiger partial charge in [0, 0.05) is 12.1 Å². The molecule has 0 aliphatic carbocycles. The van der Waals surface area contributed by atoms with Crippen LogP contribution >= 0.6 is 0 Å². The van der Waals surface area contributed by atoms with Crippen LogP contribution in [0, 0.1) is 5.41 Å². The number of rotatable bonds is 2. The Morgan fingerprint density at radius 1 is 1.19 bits per heavy atom. The van der Waals surface area contributed by atoms with Crippen LogP contribution < -0.4 is 9.69 Å². The lowest BCUT2D eigenvalue weighted by atomic mass is 9.87. The van der Waals surface area contributed by atoms with Crippen molar-refractivity contribution >= 4 is 0 Å². The van der Waals surface area contributed by atoms with E-state index < -0.39 is 0 Å². The molecule has 1 aromatic heterocycles. The SMILES string of the molecule is CC(C)(C)CC1CCCN1[n+]1ccccc1. The third kappa shape index (κ3) is 2.75. The van der Waals surface area contributed by atoms with Crippen molar-refractivity contribution in [3.8, 4) is 0 Å². The van der Waals surface area contributed by atoms with E-state index in [2.05, 4.69) is 61.0 Å². The molecule has 0 saturated carbocycles. The minimum atomic E-state index is 0.419. The van der Waals surface area contributed by atoms with Gasteiger partial charge in [-0.1, -0.05) is 31.5 Å². The van der Waals surface area contributed by atoms with Gasteiger partial charge in [-0.3, -0.25) is 0 Å². The van der Waals surface area contributed by atoms with Gasteiger partial charge < -0.3 is 0 Å². The first-order chi connectivity index (χ1) is 7.56. The quantitative estimate of drug-likeness (QED) is 0.693. The van der Waals surface area contributed by atoms with Gasteiger partial charge in [-0.15, -0.1) is 0 Å². The van der Waals surface area contributed by atoms with Crippen molar-refractivity contribution in [2.45, 2.75) is 46.1 Å². The number of nitrogens with zero attached hydrogens (tertiary/aromatic N) is 2. The van der Waals surface area contributed by atoms with Crippen LogP contribution in [-0.4, -0.2) is 12.6 Å². The first kappa shape index (κ1) is 11.4. The standard InChI is InChI=1S/C14H23N2/c1-14(2,3)12-13-8-7-11-16(13)15-9-5-4-6-10-15/h4-6,9-10,13H,7-8,11-12H2,1-3H3/q+1. The Kier molecular flexibility index (Phi) is 3.17. The number of hydrogen-bond donors (Lipinski definition) is 0. The highest BCUT2D eigenvalue weighted by Gasteiger charge is 2.33. The maximum Gasteiger partial charge on any atom is 0.199 e. The molecule has 1 unspecified atom stereocenters. The molecule has 1 saturated heterocycles. The fourth-order valence-electron chi connectivity index (χ4n) is 2.60. The molecule has 88 valence electrons. The van der Waals surface area contributed by atoms with Gasteiger partial charge in [0.25, 0.3) is 0 Å². The van der Waals surface area contributed by atoms with E-state index in [4.69, 9.17) is 0 Å². The van der Waals surface area contributed by atoms with Crippen molar-refractivity contribution in [2.24, 2.45) is 5.41 Å². The van der Waals surface area contributed by atoms with Crippen molar-refractivity contribution in [3.05, 3.63) is 30.6 Å². The molecule has 0 amide bonds. The van der Waals surface area contributed by atoms with E-state index in [0.717, 1.165) is 0 Å². The highest BCUT2D eigenvalue weighted by Crippen LogP contribution is 2.27. The van der Waals surface area contributed by atoms with Crippen LogP contribution in [0.2, 0.25) is 0 Å². The van der Waals surface area contributed by atoms with Crippen LogP contribution in [0.1, 0.15) is 40.0 Å². The Labute approximate surface area is 98.9 Å². The Balaban J connectivity index is 2.10. The van der Waals surface area contributed by atoms with Gasteiger partial charge in [-0.05, 0) is 24.7 Å². The van der Waals surface area contributed by atoms with E-state index >= 15 is 0 Å². The van der Waals surface area contributed by atoms with E-state index in [9.17, 15) is 0 Å². The minimum Gasteiger partial charge on any atom is -0.178 e. The monoisotopic (exact) mass is 219 g/mol. The lowest BCUT2D eigenvalue weighted by Crippen LogP contribution is -2.60. The summed E-state index contributed by atoms with van der Waals surface area (Å²) in [6, 6.07) is 6.98. The molecule has 1 aliphatic rings. The zero-order valence-corrected chi connectivity index (χ0v) is 10.7. The Hall–Kier alpha value is -1.05. The van der Waals surface area contributed by atoms with Gasteiger partial charge in [-0.2, -0.15) is 5.01 Å². The summed E-state index contributed by atoms with van der Waals surface area (Å²) >= 11 is 0. The smallest absolute Gasteiger partial charge is 0.178 e. The van der Waals surface area contributed by atoms with E-state index in [1.54, 1.807) is 0 Å². The van der Waals surface area contributed by atoms with E-state index in [1.807, 2.05) is 0 Å². The van der Waals surface area contributed by atoms with Crippen molar-refractivity contribution in [3.63, 3.8) is 0 Å². The lowest BCUT2D eigenvalue weighted by Gasteiger charge is -2.26. The molecule has 2 heteroatoms. The van der Waals surface area contributed by atoms with E-state index in [0.29, 0.717) is 11.5 Å². The van der Waals surface area contributed by atoms with Crippen LogP contribution in [-0.2, 0) is 0 Å². The molecule has 16 heavy (non-hydrogen) atoms. The molecule has 1 aromatic rings. The summed E-state index contributed by atoms with van der Waals surface area (Å²) in [5.74, 6) is 0. The maximum atomic E-state index is 2.51. The molecule has 0 spiro atoms. The summed E-state index contributed by atoms with van der Waals surface area (Å²) < 4.78 is 2.25. The lowest BCUT2D eigenvalue weighted by molar-refractivity contribution is -0.695. The predicted octanol–water partition coefficient (Wildman–Crippen LogP) is 2.51. The Morgan fingerprint density at radius 2 is 1.88 bits per heavy atom. The van der Waals surface area contributed by atoms with Gasteiger partial charge in [0.1, 0.15) is 0 Å². The topological polar surface area (TPSA) is 7.12 Å². The molecule has 1 aliphatic heterocycles. The number of aromatic nitrogens is 1. The van der Waals surface area contributed by atoms with Crippen molar-refractivity contribution in [1.29, 1.82) is 0 Å². The predicted molar refractivity (Wildman–Crippen MR) is 66.8 cm³/mol. The third-order valence-electron chi connectivity index (χ3n) is 3.19. The Bertz CT molecular complexity index is 326. The second-order valence-corrected chi connectivity index (χ2v) is 5.98. The second kappa shape index (κ2) is 4.44. The molecule has 2 rings (SSSR count). The average molecular weight is 219 g/mol. The van der Waals surface area contributed by atoms with Crippen molar-refractivity contribution in [1.82, 2.24) is 0 Å².